The second-order valence-corrected chi connectivity index (χ2v) is 3.36. The van der Waals surface area contributed by atoms with Gasteiger partial charge in [-0.25, -0.2) is 9.18 Å². The Labute approximate surface area is 97.9 Å². The quantitative estimate of drug-likeness (QED) is 0.757. The SMILES string of the molecule is COC(=O)c1cc(C(N)CO)cc(F)c1OC. The molecule has 0 radical (unpaired) electrons. The van der Waals surface area contributed by atoms with Crippen LogP contribution in [0.5, 0.6) is 5.75 Å². The first-order valence-corrected chi connectivity index (χ1v) is 4.87. The summed E-state index contributed by atoms with van der Waals surface area (Å²) in [5, 5.41) is 8.90. The van der Waals surface area contributed by atoms with E-state index in [1.54, 1.807) is 0 Å². The number of halogens is 1. The van der Waals surface area contributed by atoms with Crippen molar-refractivity contribution in [2.75, 3.05) is 20.8 Å². The lowest BCUT2D eigenvalue weighted by atomic mass is 10.0. The first-order valence-electron chi connectivity index (χ1n) is 4.87. The Kier molecular flexibility index (Phi) is 4.42. The number of esters is 1. The van der Waals surface area contributed by atoms with Gasteiger partial charge in [-0.1, -0.05) is 0 Å². The van der Waals surface area contributed by atoms with Crippen LogP contribution < -0.4 is 10.5 Å². The molecule has 5 nitrogen and oxygen atoms in total. The Balaban J connectivity index is 3.33. The summed E-state index contributed by atoms with van der Waals surface area (Å²) in [6.45, 7) is -0.355. The standard InChI is InChI=1S/C11H14FNO4/c1-16-10-7(11(15)17-2)3-6(4-8(10)12)9(13)5-14/h3-4,9,14H,5,13H2,1-2H3. The van der Waals surface area contributed by atoms with E-state index >= 15 is 0 Å². The van der Waals surface area contributed by atoms with Gasteiger partial charge in [-0.2, -0.15) is 0 Å². The van der Waals surface area contributed by atoms with Crippen LogP contribution in [-0.4, -0.2) is 31.9 Å². The van der Waals surface area contributed by atoms with Crippen LogP contribution in [0.15, 0.2) is 12.1 Å². The molecule has 17 heavy (non-hydrogen) atoms. The summed E-state index contributed by atoms with van der Waals surface area (Å²) in [6, 6.07) is 1.69. The Bertz CT molecular complexity index is 422. The first kappa shape index (κ1) is 13.4. The van der Waals surface area contributed by atoms with Crippen LogP contribution in [-0.2, 0) is 4.74 Å². The van der Waals surface area contributed by atoms with Gasteiger partial charge in [0.2, 0.25) is 0 Å². The number of nitrogens with two attached hydrogens (primary N) is 1. The van der Waals surface area contributed by atoms with Crippen LogP contribution in [0.4, 0.5) is 4.39 Å². The number of aliphatic hydroxyl groups is 1. The number of aliphatic hydroxyl groups excluding tert-OH is 1. The molecule has 1 rings (SSSR count). The van der Waals surface area contributed by atoms with Crippen molar-refractivity contribution in [1.82, 2.24) is 0 Å². The van der Waals surface area contributed by atoms with E-state index in [9.17, 15) is 9.18 Å². The second kappa shape index (κ2) is 5.60. The zero-order valence-electron chi connectivity index (χ0n) is 9.57. The van der Waals surface area contributed by atoms with Gasteiger partial charge >= 0.3 is 5.97 Å². The van der Waals surface area contributed by atoms with E-state index in [1.807, 2.05) is 0 Å². The molecule has 0 saturated carbocycles. The fourth-order valence-electron chi connectivity index (χ4n) is 1.40. The average Bonchev–Trinajstić information content (AvgIpc) is 2.35. The highest BCUT2D eigenvalue weighted by molar-refractivity contribution is 5.92. The lowest BCUT2D eigenvalue weighted by Crippen LogP contribution is -2.16. The van der Waals surface area contributed by atoms with Crippen LogP contribution in [0, 0.1) is 5.82 Å². The Morgan fingerprint density at radius 1 is 1.53 bits per heavy atom. The molecule has 0 saturated heterocycles. The van der Waals surface area contributed by atoms with Gasteiger partial charge in [0.15, 0.2) is 11.6 Å². The van der Waals surface area contributed by atoms with Crippen LogP contribution >= 0.6 is 0 Å². The molecule has 0 bridgehead atoms. The average molecular weight is 243 g/mol. The summed E-state index contributed by atoms with van der Waals surface area (Å²) in [7, 11) is 2.43. The Morgan fingerprint density at radius 2 is 2.18 bits per heavy atom. The third-order valence-corrected chi connectivity index (χ3v) is 2.30. The first-order chi connectivity index (χ1) is 8.04. The van der Waals surface area contributed by atoms with Crippen molar-refractivity contribution >= 4 is 5.97 Å². The minimum Gasteiger partial charge on any atom is -0.493 e. The normalized spacial score (nSPS) is 12.1. The molecule has 1 atom stereocenters. The summed E-state index contributed by atoms with van der Waals surface area (Å²) in [4.78, 5) is 11.4. The molecule has 6 heteroatoms. The zero-order valence-corrected chi connectivity index (χ0v) is 9.57. The van der Waals surface area contributed by atoms with Gasteiger partial charge in [0.25, 0.3) is 0 Å². The molecular formula is C11H14FNO4. The Hall–Kier alpha value is -1.66. The van der Waals surface area contributed by atoms with E-state index in [0.717, 1.165) is 6.07 Å². The third kappa shape index (κ3) is 2.72. The minimum atomic E-state index is -0.765. The van der Waals surface area contributed by atoms with E-state index in [-0.39, 0.29) is 17.9 Å². The molecule has 0 aliphatic heterocycles. The van der Waals surface area contributed by atoms with E-state index in [1.165, 1.54) is 20.3 Å². The van der Waals surface area contributed by atoms with Crippen molar-refractivity contribution in [3.8, 4) is 5.75 Å². The van der Waals surface area contributed by atoms with Gasteiger partial charge in [-0.05, 0) is 17.7 Å². The van der Waals surface area contributed by atoms with Crippen molar-refractivity contribution in [1.29, 1.82) is 0 Å². The molecule has 1 aromatic carbocycles. The fourth-order valence-corrected chi connectivity index (χ4v) is 1.40. The molecular weight excluding hydrogens is 229 g/mol. The van der Waals surface area contributed by atoms with Gasteiger partial charge in [0.1, 0.15) is 5.56 Å². The molecule has 0 heterocycles. The predicted octanol–water partition coefficient (Wildman–Crippen LogP) is 0.613. The molecule has 0 fully saturated rings. The maximum absolute atomic E-state index is 13.6. The highest BCUT2D eigenvalue weighted by Gasteiger charge is 2.20. The zero-order chi connectivity index (χ0) is 13.0. The van der Waals surface area contributed by atoms with Crippen LogP contribution in [0.3, 0.4) is 0 Å². The lowest BCUT2D eigenvalue weighted by Gasteiger charge is -2.13. The van der Waals surface area contributed by atoms with Gasteiger partial charge in [-0.15, -0.1) is 0 Å². The van der Waals surface area contributed by atoms with E-state index in [4.69, 9.17) is 15.6 Å². The summed E-state index contributed by atoms with van der Waals surface area (Å²) >= 11 is 0. The van der Waals surface area contributed by atoms with Crippen LogP contribution in [0.25, 0.3) is 0 Å². The van der Waals surface area contributed by atoms with Crippen molar-refractivity contribution in [2.24, 2.45) is 5.73 Å². The van der Waals surface area contributed by atoms with Gasteiger partial charge < -0.3 is 20.3 Å². The number of hydrogen-bond donors (Lipinski definition) is 2. The molecule has 0 spiro atoms. The summed E-state index contributed by atoms with van der Waals surface area (Å²) < 4.78 is 22.9. The van der Waals surface area contributed by atoms with Crippen molar-refractivity contribution in [3.63, 3.8) is 0 Å². The number of rotatable bonds is 4. The van der Waals surface area contributed by atoms with Crippen LogP contribution in [0.1, 0.15) is 22.0 Å². The molecule has 0 amide bonds. The highest BCUT2D eigenvalue weighted by Crippen LogP contribution is 2.27. The molecule has 0 aromatic heterocycles. The minimum absolute atomic E-state index is 0.0612. The molecule has 0 aliphatic rings. The third-order valence-electron chi connectivity index (χ3n) is 2.30. The number of carbonyl (C=O) groups is 1. The molecule has 94 valence electrons. The molecule has 1 aromatic rings. The summed E-state index contributed by atoms with van der Waals surface area (Å²) in [6.07, 6.45) is 0. The fraction of sp³-hybridized carbons (Fsp3) is 0.364. The number of methoxy groups -OCH3 is 2. The Morgan fingerprint density at radius 3 is 2.65 bits per heavy atom. The summed E-state index contributed by atoms with van der Waals surface area (Å²) in [5.41, 5.74) is 5.79. The van der Waals surface area contributed by atoms with E-state index in [2.05, 4.69) is 4.74 Å². The number of carbonyl (C=O) groups excluding carboxylic acids is 1. The number of benzene rings is 1. The monoisotopic (exact) mass is 243 g/mol. The van der Waals surface area contributed by atoms with E-state index in [0.29, 0.717) is 5.56 Å². The number of hydrogen-bond acceptors (Lipinski definition) is 5. The largest absolute Gasteiger partial charge is 0.493 e. The number of ether oxygens (including phenoxy) is 2. The molecule has 1 unspecified atom stereocenters. The lowest BCUT2D eigenvalue weighted by molar-refractivity contribution is 0.0596. The van der Waals surface area contributed by atoms with Gasteiger partial charge in [0, 0.05) is 0 Å². The van der Waals surface area contributed by atoms with Crippen molar-refractivity contribution in [2.45, 2.75) is 6.04 Å². The van der Waals surface area contributed by atoms with Crippen LogP contribution in [0.2, 0.25) is 0 Å². The topological polar surface area (TPSA) is 81.8 Å². The highest BCUT2D eigenvalue weighted by atomic mass is 19.1. The maximum atomic E-state index is 13.6. The predicted molar refractivity (Wildman–Crippen MR) is 58.3 cm³/mol. The van der Waals surface area contributed by atoms with Gasteiger partial charge in [0.05, 0.1) is 26.9 Å². The van der Waals surface area contributed by atoms with Crippen molar-refractivity contribution < 1.29 is 23.8 Å². The maximum Gasteiger partial charge on any atom is 0.341 e. The van der Waals surface area contributed by atoms with Gasteiger partial charge in [-0.3, -0.25) is 0 Å². The summed E-state index contributed by atoms with van der Waals surface area (Å²) in [5.74, 6) is -1.66. The molecule has 0 aliphatic carbocycles. The smallest absolute Gasteiger partial charge is 0.341 e. The van der Waals surface area contributed by atoms with Crippen molar-refractivity contribution in [3.05, 3.63) is 29.1 Å². The second-order valence-electron chi connectivity index (χ2n) is 3.36. The van der Waals surface area contributed by atoms with E-state index < -0.39 is 17.8 Å². The molecule has 3 N–H and O–H groups in total.